The smallest absolute Gasteiger partial charge is 0.319 e. The molecule has 3 amide bonds. The monoisotopic (exact) mass is 361 g/mol. The van der Waals surface area contributed by atoms with Gasteiger partial charge < -0.3 is 15.1 Å². The summed E-state index contributed by atoms with van der Waals surface area (Å²) < 4.78 is 0. The molecular formula is C19H31N5O2. The lowest BCUT2D eigenvalue weighted by atomic mass is 9.94. The molecule has 7 heteroatoms. The highest BCUT2D eigenvalue weighted by molar-refractivity contribution is 5.77. The molecule has 2 N–H and O–H groups in total. The van der Waals surface area contributed by atoms with E-state index in [-0.39, 0.29) is 18.0 Å². The molecular weight excluding hydrogens is 330 g/mol. The number of fused-ring (bicyclic) bond motifs is 1. The van der Waals surface area contributed by atoms with Gasteiger partial charge in [-0.3, -0.25) is 9.89 Å². The third kappa shape index (κ3) is 4.56. The molecule has 26 heavy (non-hydrogen) atoms. The fourth-order valence-electron chi connectivity index (χ4n) is 4.00. The zero-order chi connectivity index (χ0) is 18.5. The van der Waals surface area contributed by atoms with Gasteiger partial charge >= 0.3 is 6.03 Å². The quantitative estimate of drug-likeness (QED) is 0.859. The summed E-state index contributed by atoms with van der Waals surface area (Å²) in [5.41, 5.74) is 3.65. The largest absolute Gasteiger partial charge is 0.352 e. The summed E-state index contributed by atoms with van der Waals surface area (Å²) in [6, 6.07) is 0.0660. The zero-order valence-corrected chi connectivity index (χ0v) is 16.0. The van der Waals surface area contributed by atoms with Gasteiger partial charge in [0.05, 0.1) is 5.69 Å². The number of carbonyl (C=O) groups excluding carboxylic acids is 2. The summed E-state index contributed by atoms with van der Waals surface area (Å²) in [4.78, 5) is 28.1. The lowest BCUT2D eigenvalue weighted by Gasteiger charge is -2.27. The number of likely N-dealkylation sites (tertiary alicyclic amines) is 1. The van der Waals surface area contributed by atoms with Crippen LogP contribution in [0.4, 0.5) is 4.79 Å². The molecule has 144 valence electrons. The fraction of sp³-hybridized carbons (Fsp3) is 0.737. The molecule has 1 fully saturated rings. The second-order valence-corrected chi connectivity index (χ2v) is 7.72. The molecule has 1 aliphatic heterocycles. The normalized spacial score (nSPS) is 20.2. The summed E-state index contributed by atoms with van der Waals surface area (Å²) >= 11 is 0. The molecule has 1 aromatic rings. The Kier molecular flexibility index (Phi) is 6.16. The standard InChI is InChI=1S/C19H31N5O2/c1-23(2)19(26)24-12-6-5-7-14(13-24)20-18(25)11-10-17-15-8-3-4-9-16(15)21-22-17/h14H,3-13H2,1-2H3,(H,20,25)(H,21,22). The van der Waals surface area contributed by atoms with Crippen LogP contribution in [-0.4, -0.2) is 65.2 Å². The van der Waals surface area contributed by atoms with E-state index >= 15 is 0 Å². The van der Waals surface area contributed by atoms with Crippen molar-refractivity contribution in [1.29, 1.82) is 0 Å². The number of rotatable bonds is 4. The third-order valence-electron chi connectivity index (χ3n) is 5.42. The van der Waals surface area contributed by atoms with Crippen molar-refractivity contribution in [2.45, 2.75) is 63.8 Å². The Morgan fingerprint density at radius 1 is 1.23 bits per heavy atom. The zero-order valence-electron chi connectivity index (χ0n) is 16.0. The van der Waals surface area contributed by atoms with Crippen LogP contribution >= 0.6 is 0 Å². The SMILES string of the molecule is CN(C)C(=O)N1CCCCC(NC(=O)CCc2n[nH]c3c2CCCC3)C1. The van der Waals surface area contributed by atoms with Crippen LogP contribution in [0.2, 0.25) is 0 Å². The van der Waals surface area contributed by atoms with E-state index in [9.17, 15) is 9.59 Å². The number of amides is 3. The summed E-state index contributed by atoms with van der Waals surface area (Å²) in [6.45, 7) is 1.36. The molecule has 2 aliphatic rings. The summed E-state index contributed by atoms with van der Waals surface area (Å²) in [7, 11) is 3.54. The first kappa shape index (κ1) is 18.7. The van der Waals surface area contributed by atoms with Crippen molar-refractivity contribution in [2.75, 3.05) is 27.2 Å². The van der Waals surface area contributed by atoms with Gasteiger partial charge in [0.25, 0.3) is 0 Å². The minimum Gasteiger partial charge on any atom is -0.352 e. The van der Waals surface area contributed by atoms with E-state index in [0.29, 0.717) is 19.4 Å². The van der Waals surface area contributed by atoms with Gasteiger partial charge in [-0.25, -0.2) is 4.79 Å². The van der Waals surface area contributed by atoms with Crippen LogP contribution in [0, 0.1) is 0 Å². The Morgan fingerprint density at radius 2 is 2.04 bits per heavy atom. The predicted molar refractivity (Wildman–Crippen MR) is 100.0 cm³/mol. The topological polar surface area (TPSA) is 81.3 Å². The molecule has 2 heterocycles. The number of aromatic amines is 1. The van der Waals surface area contributed by atoms with Gasteiger partial charge in [0, 0.05) is 51.8 Å². The molecule has 1 atom stereocenters. The van der Waals surface area contributed by atoms with Crippen molar-refractivity contribution in [1.82, 2.24) is 25.3 Å². The lowest BCUT2D eigenvalue weighted by molar-refractivity contribution is -0.121. The number of nitrogens with one attached hydrogen (secondary N) is 2. The Balaban J connectivity index is 1.50. The van der Waals surface area contributed by atoms with Gasteiger partial charge in [0.15, 0.2) is 0 Å². The van der Waals surface area contributed by atoms with E-state index in [4.69, 9.17) is 0 Å². The van der Waals surface area contributed by atoms with Gasteiger partial charge in [0.2, 0.25) is 5.91 Å². The minimum absolute atomic E-state index is 0.0225. The molecule has 1 unspecified atom stereocenters. The van der Waals surface area contributed by atoms with Crippen LogP contribution in [0.25, 0.3) is 0 Å². The number of nitrogens with zero attached hydrogens (tertiary/aromatic N) is 3. The summed E-state index contributed by atoms with van der Waals surface area (Å²) in [5, 5.41) is 10.7. The molecule has 0 saturated carbocycles. The highest BCUT2D eigenvalue weighted by Gasteiger charge is 2.24. The van der Waals surface area contributed by atoms with Crippen LogP contribution in [0.15, 0.2) is 0 Å². The molecule has 0 spiro atoms. The van der Waals surface area contributed by atoms with Crippen LogP contribution < -0.4 is 5.32 Å². The first-order valence-corrected chi connectivity index (χ1v) is 9.85. The Labute approximate surface area is 155 Å². The number of hydrogen-bond donors (Lipinski definition) is 2. The van der Waals surface area contributed by atoms with E-state index < -0.39 is 0 Å². The van der Waals surface area contributed by atoms with E-state index in [1.54, 1.807) is 19.0 Å². The van der Waals surface area contributed by atoms with Crippen molar-refractivity contribution in [2.24, 2.45) is 0 Å². The summed E-state index contributed by atoms with van der Waals surface area (Å²) in [5.74, 6) is 0.0571. The maximum Gasteiger partial charge on any atom is 0.319 e. The predicted octanol–water partition coefficient (Wildman–Crippen LogP) is 1.87. The number of H-pyrrole nitrogens is 1. The minimum atomic E-state index is 0.0225. The number of carbonyl (C=O) groups is 2. The first-order valence-electron chi connectivity index (χ1n) is 9.85. The van der Waals surface area contributed by atoms with Crippen molar-refractivity contribution in [3.05, 3.63) is 17.0 Å². The fourth-order valence-corrected chi connectivity index (χ4v) is 4.00. The molecule has 1 saturated heterocycles. The molecule has 7 nitrogen and oxygen atoms in total. The lowest BCUT2D eigenvalue weighted by Crippen LogP contribution is -2.47. The van der Waals surface area contributed by atoms with Gasteiger partial charge in [-0.1, -0.05) is 0 Å². The van der Waals surface area contributed by atoms with Crippen molar-refractivity contribution < 1.29 is 9.59 Å². The second-order valence-electron chi connectivity index (χ2n) is 7.72. The maximum atomic E-state index is 12.4. The Morgan fingerprint density at radius 3 is 2.85 bits per heavy atom. The number of urea groups is 1. The van der Waals surface area contributed by atoms with Gasteiger partial charge in [-0.05, 0) is 50.5 Å². The Hall–Kier alpha value is -2.05. The molecule has 0 bridgehead atoms. The van der Waals surface area contributed by atoms with Crippen LogP contribution in [0.3, 0.4) is 0 Å². The van der Waals surface area contributed by atoms with Gasteiger partial charge in [-0.2, -0.15) is 5.10 Å². The number of aryl methyl sites for hydroxylation is 2. The van der Waals surface area contributed by atoms with E-state index in [1.165, 1.54) is 24.1 Å². The van der Waals surface area contributed by atoms with Gasteiger partial charge in [0.1, 0.15) is 0 Å². The second kappa shape index (κ2) is 8.56. The average molecular weight is 361 g/mol. The number of aromatic nitrogens is 2. The summed E-state index contributed by atoms with van der Waals surface area (Å²) in [6.07, 6.45) is 8.68. The van der Waals surface area contributed by atoms with E-state index in [1.807, 2.05) is 4.90 Å². The molecule has 0 radical (unpaired) electrons. The van der Waals surface area contributed by atoms with Gasteiger partial charge in [-0.15, -0.1) is 0 Å². The first-order chi connectivity index (χ1) is 12.5. The van der Waals surface area contributed by atoms with Crippen LogP contribution in [0.1, 0.15) is 55.5 Å². The van der Waals surface area contributed by atoms with Crippen molar-refractivity contribution >= 4 is 11.9 Å². The highest BCUT2D eigenvalue weighted by atomic mass is 16.2. The highest BCUT2D eigenvalue weighted by Crippen LogP contribution is 2.23. The van der Waals surface area contributed by atoms with Crippen molar-refractivity contribution in [3.8, 4) is 0 Å². The van der Waals surface area contributed by atoms with Crippen LogP contribution in [0.5, 0.6) is 0 Å². The Bertz CT molecular complexity index is 640. The molecule has 1 aliphatic carbocycles. The van der Waals surface area contributed by atoms with E-state index in [0.717, 1.165) is 44.3 Å². The molecule has 3 rings (SSSR count). The van der Waals surface area contributed by atoms with E-state index in [2.05, 4.69) is 15.5 Å². The maximum absolute atomic E-state index is 12.4. The number of hydrogen-bond acceptors (Lipinski definition) is 3. The third-order valence-corrected chi connectivity index (χ3v) is 5.42. The molecule has 1 aromatic heterocycles. The molecule has 0 aromatic carbocycles. The van der Waals surface area contributed by atoms with Crippen molar-refractivity contribution in [3.63, 3.8) is 0 Å². The average Bonchev–Trinajstić information content (AvgIpc) is 2.90. The van der Waals surface area contributed by atoms with Crippen LogP contribution in [-0.2, 0) is 24.1 Å².